The zero-order valence-electron chi connectivity index (χ0n) is 15.5. The molecular weight excluding hydrogens is 372 g/mol. The number of benzene rings is 2. The SMILES string of the molecule is COc1ccccc1Cn1cnc2c(N[C]=O)nc(Nc3cccc(O)c3)nc21. The molecule has 2 aromatic carbocycles. The number of carbonyl (C=O) groups excluding carboxylic acids is 1. The minimum Gasteiger partial charge on any atom is -0.508 e. The van der Waals surface area contributed by atoms with Gasteiger partial charge in [0, 0.05) is 17.3 Å². The first-order chi connectivity index (χ1) is 14.2. The number of rotatable bonds is 7. The monoisotopic (exact) mass is 389 g/mol. The molecule has 9 heteroatoms. The fourth-order valence-corrected chi connectivity index (χ4v) is 2.98. The van der Waals surface area contributed by atoms with E-state index in [1.165, 1.54) is 0 Å². The van der Waals surface area contributed by atoms with Crippen molar-refractivity contribution in [3.05, 3.63) is 60.4 Å². The maximum absolute atomic E-state index is 10.9. The van der Waals surface area contributed by atoms with E-state index in [2.05, 4.69) is 25.6 Å². The van der Waals surface area contributed by atoms with E-state index in [4.69, 9.17) is 4.74 Å². The van der Waals surface area contributed by atoms with Gasteiger partial charge in [-0.1, -0.05) is 24.3 Å². The van der Waals surface area contributed by atoms with Gasteiger partial charge in [0.25, 0.3) is 0 Å². The number of imidazole rings is 1. The van der Waals surface area contributed by atoms with E-state index in [1.807, 2.05) is 28.8 Å². The molecule has 0 aliphatic carbocycles. The third kappa shape index (κ3) is 3.79. The highest BCUT2D eigenvalue weighted by Gasteiger charge is 2.15. The molecule has 3 N–H and O–H groups in total. The van der Waals surface area contributed by atoms with Crippen LogP contribution in [0.3, 0.4) is 0 Å². The summed E-state index contributed by atoms with van der Waals surface area (Å²) in [6.45, 7) is 0.466. The number of hydrogen-bond donors (Lipinski definition) is 3. The van der Waals surface area contributed by atoms with Crippen LogP contribution in [0.4, 0.5) is 17.5 Å². The number of methoxy groups -OCH3 is 1. The molecule has 2 aromatic heterocycles. The second-order valence-corrected chi connectivity index (χ2v) is 6.15. The van der Waals surface area contributed by atoms with Gasteiger partial charge >= 0.3 is 6.41 Å². The average molecular weight is 389 g/mol. The number of anilines is 3. The van der Waals surface area contributed by atoms with Crippen molar-refractivity contribution in [1.29, 1.82) is 0 Å². The van der Waals surface area contributed by atoms with E-state index in [0.29, 0.717) is 23.4 Å². The Morgan fingerprint density at radius 3 is 2.83 bits per heavy atom. The normalized spacial score (nSPS) is 10.7. The van der Waals surface area contributed by atoms with Gasteiger partial charge in [-0.25, -0.2) is 4.98 Å². The number of aromatic nitrogens is 4. The molecule has 0 saturated heterocycles. The van der Waals surface area contributed by atoms with Crippen LogP contribution in [0.15, 0.2) is 54.9 Å². The summed E-state index contributed by atoms with van der Waals surface area (Å²) in [6.07, 6.45) is 3.25. The summed E-state index contributed by atoms with van der Waals surface area (Å²) < 4.78 is 7.25. The van der Waals surface area contributed by atoms with Crippen LogP contribution in [0.1, 0.15) is 5.56 Å². The second kappa shape index (κ2) is 7.85. The molecule has 145 valence electrons. The minimum absolute atomic E-state index is 0.108. The maximum atomic E-state index is 10.9. The van der Waals surface area contributed by atoms with E-state index in [0.717, 1.165) is 11.3 Å². The topological polar surface area (TPSA) is 114 Å². The Hall–Kier alpha value is -4.14. The van der Waals surface area contributed by atoms with Crippen molar-refractivity contribution in [3.8, 4) is 11.5 Å². The fraction of sp³-hybridized carbons (Fsp3) is 0.100. The Morgan fingerprint density at radius 2 is 2.03 bits per heavy atom. The highest BCUT2D eigenvalue weighted by atomic mass is 16.5. The van der Waals surface area contributed by atoms with Crippen LogP contribution in [-0.4, -0.2) is 38.1 Å². The van der Waals surface area contributed by atoms with Gasteiger partial charge in [-0.05, 0) is 18.2 Å². The number of hydrogen-bond acceptors (Lipinski definition) is 7. The predicted octanol–water partition coefficient (Wildman–Crippen LogP) is 2.81. The van der Waals surface area contributed by atoms with Gasteiger partial charge in [-0.3, -0.25) is 4.79 Å². The molecule has 0 unspecified atom stereocenters. The molecule has 4 rings (SSSR count). The van der Waals surface area contributed by atoms with Gasteiger partial charge in [-0.15, -0.1) is 0 Å². The number of aromatic hydroxyl groups is 1. The number of phenolic OH excluding ortho intramolecular Hbond substituents is 1. The lowest BCUT2D eigenvalue weighted by Gasteiger charge is -2.11. The molecule has 0 aliphatic heterocycles. The van der Waals surface area contributed by atoms with Crippen LogP contribution in [0.2, 0.25) is 0 Å². The molecule has 29 heavy (non-hydrogen) atoms. The van der Waals surface area contributed by atoms with E-state index in [-0.39, 0.29) is 17.5 Å². The Kier molecular flexibility index (Phi) is 4.93. The number of para-hydroxylation sites is 1. The number of amides is 1. The lowest BCUT2D eigenvalue weighted by molar-refractivity contribution is 0.408. The zero-order valence-corrected chi connectivity index (χ0v) is 15.5. The minimum atomic E-state index is 0.108. The molecular formula is C20H17N6O3. The zero-order chi connectivity index (χ0) is 20.2. The summed E-state index contributed by atoms with van der Waals surface area (Å²) in [6, 6.07) is 14.2. The quantitative estimate of drug-likeness (QED) is 0.416. The highest BCUT2D eigenvalue weighted by molar-refractivity contribution is 5.90. The van der Waals surface area contributed by atoms with E-state index in [9.17, 15) is 9.90 Å². The molecule has 0 fully saturated rings. The first-order valence-corrected chi connectivity index (χ1v) is 8.72. The van der Waals surface area contributed by atoms with Gasteiger partial charge in [0.15, 0.2) is 17.0 Å². The van der Waals surface area contributed by atoms with E-state index >= 15 is 0 Å². The molecule has 0 aliphatic rings. The Bertz CT molecular complexity index is 1170. The first kappa shape index (κ1) is 18.2. The van der Waals surface area contributed by atoms with Gasteiger partial charge in [0.05, 0.1) is 20.0 Å². The summed E-state index contributed by atoms with van der Waals surface area (Å²) in [5.41, 5.74) is 2.50. The van der Waals surface area contributed by atoms with Gasteiger partial charge in [0.1, 0.15) is 11.5 Å². The number of nitrogens with zero attached hydrogens (tertiary/aromatic N) is 4. The number of nitrogens with one attached hydrogen (secondary N) is 2. The first-order valence-electron chi connectivity index (χ1n) is 8.72. The number of fused-ring (bicyclic) bond motifs is 1. The van der Waals surface area contributed by atoms with Crippen LogP contribution in [-0.2, 0) is 11.3 Å². The van der Waals surface area contributed by atoms with E-state index in [1.54, 1.807) is 44.1 Å². The van der Waals surface area contributed by atoms with Crippen LogP contribution in [0.5, 0.6) is 11.5 Å². The summed E-state index contributed by atoms with van der Waals surface area (Å²) in [7, 11) is 1.62. The summed E-state index contributed by atoms with van der Waals surface area (Å²) in [5, 5.41) is 15.1. The van der Waals surface area contributed by atoms with Gasteiger partial charge < -0.3 is 25.0 Å². The Balaban J connectivity index is 1.76. The standard InChI is InChI=1S/C20H17N6O3/c1-29-16-8-3-2-5-13(16)10-26-11-21-17-18(22-12-27)24-20(25-19(17)26)23-14-6-4-7-15(28)9-14/h2-9,11,28H,10H2,1H3,(H2,22,23,24,25,27). The third-order valence-corrected chi connectivity index (χ3v) is 4.27. The lowest BCUT2D eigenvalue weighted by atomic mass is 10.2. The van der Waals surface area contributed by atoms with Crippen LogP contribution in [0, 0.1) is 0 Å². The molecule has 4 aromatic rings. The Morgan fingerprint density at radius 1 is 1.17 bits per heavy atom. The summed E-state index contributed by atoms with van der Waals surface area (Å²) in [4.78, 5) is 24.1. The van der Waals surface area contributed by atoms with Crippen molar-refractivity contribution in [2.75, 3.05) is 17.7 Å². The molecule has 0 bridgehead atoms. The summed E-state index contributed by atoms with van der Waals surface area (Å²) in [5.74, 6) is 1.33. The van der Waals surface area contributed by atoms with Gasteiger partial charge in [0.2, 0.25) is 5.95 Å². The highest BCUT2D eigenvalue weighted by Crippen LogP contribution is 2.26. The van der Waals surface area contributed by atoms with Crippen molar-refractivity contribution < 1.29 is 14.6 Å². The van der Waals surface area contributed by atoms with Crippen molar-refractivity contribution in [1.82, 2.24) is 19.5 Å². The van der Waals surface area contributed by atoms with Gasteiger partial charge in [-0.2, -0.15) is 9.97 Å². The van der Waals surface area contributed by atoms with Crippen molar-refractivity contribution in [2.45, 2.75) is 6.54 Å². The van der Waals surface area contributed by atoms with Crippen LogP contribution >= 0.6 is 0 Å². The molecule has 2 heterocycles. The molecule has 0 saturated carbocycles. The molecule has 0 spiro atoms. The molecule has 9 nitrogen and oxygen atoms in total. The fourth-order valence-electron chi connectivity index (χ4n) is 2.98. The second-order valence-electron chi connectivity index (χ2n) is 6.15. The molecule has 1 radical (unpaired) electrons. The smallest absolute Gasteiger partial charge is 0.315 e. The maximum Gasteiger partial charge on any atom is 0.315 e. The average Bonchev–Trinajstić information content (AvgIpc) is 3.12. The lowest BCUT2D eigenvalue weighted by Crippen LogP contribution is -2.06. The Labute approximate surface area is 166 Å². The number of ether oxygens (including phenoxy) is 1. The predicted molar refractivity (Wildman–Crippen MR) is 108 cm³/mol. The molecule has 1 amide bonds. The number of phenols is 1. The van der Waals surface area contributed by atoms with Crippen LogP contribution in [0.25, 0.3) is 11.2 Å². The largest absolute Gasteiger partial charge is 0.508 e. The molecule has 0 atom stereocenters. The van der Waals surface area contributed by atoms with Crippen molar-refractivity contribution >= 4 is 35.0 Å². The van der Waals surface area contributed by atoms with Crippen molar-refractivity contribution in [2.24, 2.45) is 0 Å². The van der Waals surface area contributed by atoms with Crippen molar-refractivity contribution in [3.63, 3.8) is 0 Å². The van der Waals surface area contributed by atoms with E-state index < -0.39 is 0 Å². The summed E-state index contributed by atoms with van der Waals surface area (Å²) >= 11 is 0. The van der Waals surface area contributed by atoms with Crippen LogP contribution < -0.4 is 15.4 Å². The third-order valence-electron chi connectivity index (χ3n) is 4.27.